The van der Waals surface area contributed by atoms with Crippen LogP contribution in [0.25, 0.3) is 0 Å². The maximum absolute atomic E-state index is 3.48. The Balaban J connectivity index is 2.35. The molecule has 0 spiro atoms. The second kappa shape index (κ2) is 2.66. The number of hydrogen-bond donors (Lipinski definition) is 1. The standard InChI is InChI=1S/C5H10BNP/c1-4(8)5-2-6-3-7-5/h5,7-8H,2-3H2,1H3. The number of rotatable bonds is 1. The smallest absolute Gasteiger partial charge is 0.130 e. The van der Waals surface area contributed by atoms with Crippen LogP contribution in [0, 0.1) is 0 Å². The Bertz CT molecular complexity index is 98.6. The molecule has 1 aliphatic heterocycles. The van der Waals surface area contributed by atoms with Gasteiger partial charge < -0.3 is 5.32 Å². The molecule has 1 saturated heterocycles. The van der Waals surface area contributed by atoms with Gasteiger partial charge in [-0.05, 0) is 18.7 Å². The Hall–Kier alpha value is 0.195. The van der Waals surface area contributed by atoms with E-state index in [0.29, 0.717) is 6.04 Å². The van der Waals surface area contributed by atoms with Gasteiger partial charge in [-0.25, -0.2) is 0 Å². The summed E-state index contributed by atoms with van der Waals surface area (Å²) < 4.78 is 0. The summed E-state index contributed by atoms with van der Waals surface area (Å²) in [6.07, 6.45) is 2.24. The van der Waals surface area contributed by atoms with Gasteiger partial charge in [-0.3, -0.25) is 0 Å². The molecule has 1 rings (SSSR count). The quantitative estimate of drug-likeness (QED) is 0.395. The first kappa shape index (κ1) is 6.32. The van der Waals surface area contributed by atoms with E-state index in [-0.39, 0.29) is 0 Å². The lowest BCUT2D eigenvalue weighted by Crippen LogP contribution is -2.26. The van der Waals surface area contributed by atoms with Gasteiger partial charge in [0.25, 0.3) is 0 Å². The van der Waals surface area contributed by atoms with Gasteiger partial charge in [-0.2, -0.15) is 0 Å². The van der Waals surface area contributed by atoms with Gasteiger partial charge in [0.2, 0.25) is 0 Å². The average Bonchev–Trinajstić information content (AvgIpc) is 2.12. The van der Waals surface area contributed by atoms with E-state index in [1.807, 2.05) is 0 Å². The first-order chi connectivity index (χ1) is 3.80. The molecule has 43 valence electrons. The molecule has 1 aliphatic rings. The zero-order valence-corrected chi connectivity index (χ0v) is 6.07. The molecule has 0 aromatic heterocycles. The summed E-state index contributed by atoms with van der Waals surface area (Å²) in [4.78, 5) is 0. The van der Waals surface area contributed by atoms with Gasteiger partial charge in [-0.15, -0.1) is 8.86 Å². The topological polar surface area (TPSA) is 12.0 Å². The lowest BCUT2D eigenvalue weighted by Gasteiger charge is -2.06. The Morgan fingerprint density at radius 3 is 2.88 bits per heavy atom. The molecule has 1 radical (unpaired) electrons. The number of nitrogens with one attached hydrogen (secondary N) is 1. The van der Waals surface area contributed by atoms with Crippen LogP contribution >= 0.6 is 8.86 Å². The molecule has 0 amide bonds. The van der Waals surface area contributed by atoms with Crippen LogP contribution in [-0.4, -0.2) is 25.1 Å². The minimum absolute atomic E-state index is 0.590. The van der Waals surface area contributed by atoms with Gasteiger partial charge in [0, 0.05) is 6.04 Å². The first-order valence-electron chi connectivity index (χ1n) is 2.91. The molecule has 1 N–H and O–H groups in total. The van der Waals surface area contributed by atoms with E-state index >= 15 is 0 Å². The van der Waals surface area contributed by atoms with Crippen LogP contribution in [-0.2, 0) is 0 Å². The summed E-state index contributed by atoms with van der Waals surface area (Å²) in [6.45, 7) is 2.09. The third kappa shape index (κ3) is 1.33. The van der Waals surface area contributed by atoms with Gasteiger partial charge in [0.15, 0.2) is 0 Å². The molecular weight excluding hydrogens is 116 g/mol. The Kier molecular flexibility index (Phi) is 2.10. The van der Waals surface area contributed by atoms with Gasteiger partial charge in [0.1, 0.15) is 7.28 Å². The summed E-state index contributed by atoms with van der Waals surface area (Å²) in [5.74, 6) is 0. The Morgan fingerprint density at radius 1 is 1.88 bits per heavy atom. The average molecular weight is 126 g/mol. The molecule has 1 heterocycles. The van der Waals surface area contributed by atoms with Crippen LogP contribution in [0.2, 0.25) is 6.32 Å². The van der Waals surface area contributed by atoms with Crippen molar-refractivity contribution in [2.24, 2.45) is 0 Å². The lowest BCUT2D eigenvalue weighted by atomic mass is 9.76. The maximum atomic E-state index is 3.48. The zero-order valence-electron chi connectivity index (χ0n) is 5.07. The fourth-order valence-electron chi connectivity index (χ4n) is 0.889. The molecule has 0 bridgehead atoms. The van der Waals surface area contributed by atoms with E-state index in [1.165, 1.54) is 11.6 Å². The molecule has 1 nitrogen and oxygen atoms in total. The van der Waals surface area contributed by atoms with Crippen LogP contribution in [0.3, 0.4) is 0 Å². The van der Waals surface area contributed by atoms with Crippen LogP contribution in [0.5, 0.6) is 0 Å². The van der Waals surface area contributed by atoms with Crippen LogP contribution < -0.4 is 5.32 Å². The van der Waals surface area contributed by atoms with E-state index < -0.39 is 0 Å². The van der Waals surface area contributed by atoms with Crippen LogP contribution in [0.4, 0.5) is 0 Å². The monoisotopic (exact) mass is 126 g/mol. The maximum Gasteiger partial charge on any atom is 0.130 e. The van der Waals surface area contributed by atoms with Crippen molar-refractivity contribution in [1.82, 2.24) is 5.32 Å². The molecule has 0 saturated carbocycles. The molecule has 0 aliphatic carbocycles. The second-order valence-corrected chi connectivity index (χ2v) is 2.96. The fourth-order valence-corrected chi connectivity index (χ4v) is 1.11. The van der Waals surface area contributed by atoms with Crippen molar-refractivity contribution < 1.29 is 0 Å². The normalized spacial score (nSPS) is 27.4. The number of hydrogen-bond acceptors (Lipinski definition) is 1. The van der Waals surface area contributed by atoms with Gasteiger partial charge in [-0.1, -0.05) is 6.32 Å². The fraction of sp³-hybridized carbons (Fsp3) is 0.800. The largest absolute Gasteiger partial charge is 0.319 e. The van der Waals surface area contributed by atoms with E-state index in [4.69, 9.17) is 0 Å². The van der Waals surface area contributed by atoms with Crippen molar-refractivity contribution >= 4 is 21.4 Å². The Morgan fingerprint density at radius 2 is 2.62 bits per heavy atom. The first-order valence-corrected chi connectivity index (χ1v) is 3.41. The molecule has 3 heteroatoms. The van der Waals surface area contributed by atoms with Crippen LogP contribution in [0.15, 0.2) is 0 Å². The molecule has 8 heavy (non-hydrogen) atoms. The summed E-state index contributed by atoms with van der Waals surface area (Å²) in [6, 6.07) is 0.590. The van der Waals surface area contributed by atoms with Crippen molar-refractivity contribution in [2.75, 3.05) is 6.44 Å². The van der Waals surface area contributed by atoms with Gasteiger partial charge >= 0.3 is 0 Å². The predicted octanol–water partition coefficient (Wildman–Crippen LogP) is 0.373. The zero-order chi connectivity index (χ0) is 5.98. The van der Waals surface area contributed by atoms with Crippen molar-refractivity contribution in [3.8, 4) is 0 Å². The van der Waals surface area contributed by atoms with Crippen molar-refractivity contribution in [2.45, 2.75) is 19.3 Å². The minimum Gasteiger partial charge on any atom is -0.319 e. The highest BCUT2D eigenvalue weighted by Crippen LogP contribution is 2.01. The molecular formula is C5H10BNP. The highest BCUT2D eigenvalue weighted by molar-refractivity contribution is 7.21. The van der Waals surface area contributed by atoms with E-state index in [2.05, 4.69) is 28.4 Å². The van der Waals surface area contributed by atoms with Crippen molar-refractivity contribution in [1.29, 1.82) is 0 Å². The van der Waals surface area contributed by atoms with E-state index in [9.17, 15) is 0 Å². The lowest BCUT2D eigenvalue weighted by molar-refractivity contribution is 0.787. The predicted molar refractivity (Wildman–Crippen MR) is 41.3 cm³/mol. The summed E-state index contributed by atoms with van der Waals surface area (Å²) in [7, 11) is 5.74. The third-order valence-corrected chi connectivity index (χ3v) is 1.78. The summed E-state index contributed by atoms with van der Waals surface area (Å²) in [5.41, 5.74) is 0. The van der Waals surface area contributed by atoms with Crippen molar-refractivity contribution in [3.63, 3.8) is 0 Å². The van der Waals surface area contributed by atoms with E-state index in [0.717, 1.165) is 6.44 Å². The summed E-state index contributed by atoms with van der Waals surface area (Å²) >= 11 is 0. The van der Waals surface area contributed by atoms with Crippen LogP contribution in [0.1, 0.15) is 6.92 Å². The third-order valence-electron chi connectivity index (χ3n) is 1.43. The SMILES string of the molecule is CC(=P)C1C[B]CN1. The molecule has 1 atom stereocenters. The highest BCUT2D eigenvalue weighted by atomic mass is 31.0. The van der Waals surface area contributed by atoms with E-state index in [1.54, 1.807) is 0 Å². The molecule has 1 fully saturated rings. The summed E-state index contributed by atoms with van der Waals surface area (Å²) in [5, 5.41) is 4.62. The van der Waals surface area contributed by atoms with Gasteiger partial charge in [0.05, 0.1) is 0 Å². The minimum atomic E-state index is 0.590. The molecule has 1 unspecified atom stereocenters. The highest BCUT2D eigenvalue weighted by Gasteiger charge is 2.14. The molecule has 0 aromatic carbocycles. The Labute approximate surface area is 53.3 Å². The molecule has 0 aromatic rings. The second-order valence-electron chi connectivity index (χ2n) is 2.17. The van der Waals surface area contributed by atoms with Crippen molar-refractivity contribution in [3.05, 3.63) is 0 Å².